The third kappa shape index (κ3) is 1.92. The van der Waals surface area contributed by atoms with Gasteiger partial charge in [-0.2, -0.15) is 0 Å². The average Bonchev–Trinajstić information content (AvgIpc) is 2.91. The second-order valence-corrected chi connectivity index (χ2v) is 8.19. The quantitative estimate of drug-likeness (QED) is 0.788. The first-order chi connectivity index (χ1) is 9.88. The molecular formula is C13H15O6PS. The summed E-state index contributed by atoms with van der Waals surface area (Å²) >= 11 is 0. The first-order valence-electron chi connectivity index (χ1n) is 6.62. The molecule has 3 aliphatic rings. The van der Waals surface area contributed by atoms with Crippen molar-refractivity contribution >= 4 is 17.7 Å². The minimum Gasteiger partial charge on any atom is -0.401 e. The molecule has 3 heterocycles. The normalized spacial score (nSPS) is 30.7. The minimum atomic E-state index is -4.02. The molecule has 21 heavy (non-hydrogen) atoms. The number of sulfone groups is 1. The highest BCUT2D eigenvalue weighted by molar-refractivity contribution is 7.93. The summed E-state index contributed by atoms with van der Waals surface area (Å²) in [6, 6.07) is 7.78. The van der Waals surface area contributed by atoms with Crippen LogP contribution in [0.2, 0.25) is 0 Å². The predicted octanol–water partition coefficient (Wildman–Crippen LogP) is 3.37. The van der Waals surface area contributed by atoms with Crippen molar-refractivity contribution in [2.24, 2.45) is 0 Å². The molecule has 0 atom stereocenters. The van der Waals surface area contributed by atoms with Crippen LogP contribution in [0.25, 0.3) is 0 Å². The third-order valence-electron chi connectivity index (χ3n) is 3.53. The molecule has 0 radical (unpaired) electrons. The van der Waals surface area contributed by atoms with Crippen molar-refractivity contribution in [1.82, 2.24) is 0 Å². The standard InChI is InChI=1S/C13H15O6PS/c1-3-10(4-2)12-13(18-20(14,17-12)19-13)21(15,16)11-8-6-5-7-9-11/h5-9H,3-4H2,1-2H3. The highest BCUT2D eigenvalue weighted by atomic mass is 32.2. The number of phosphoric acid groups is 1. The van der Waals surface area contributed by atoms with E-state index in [1.165, 1.54) is 12.1 Å². The van der Waals surface area contributed by atoms with Crippen LogP contribution in [0.5, 0.6) is 0 Å². The van der Waals surface area contributed by atoms with Gasteiger partial charge in [0.1, 0.15) is 0 Å². The van der Waals surface area contributed by atoms with Gasteiger partial charge in [0.15, 0.2) is 5.76 Å². The van der Waals surface area contributed by atoms with Crippen LogP contribution in [0.4, 0.5) is 0 Å². The van der Waals surface area contributed by atoms with Crippen LogP contribution in [0.1, 0.15) is 26.7 Å². The molecule has 0 N–H and O–H groups in total. The van der Waals surface area contributed by atoms with Crippen LogP contribution in [-0.4, -0.2) is 13.5 Å². The van der Waals surface area contributed by atoms with Gasteiger partial charge in [-0.15, -0.1) is 0 Å². The summed E-state index contributed by atoms with van der Waals surface area (Å²) in [6.45, 7) is 3.73. The maximum Gasteiger partial charge on any atom is 0.537 e. The van der Waals surface area contributed by atoms with Crippen LogP contribution in [0, 0.1) is 0 Å². The van der Waals surface area contributed by atoms with E-state index in [1.807, 2.05) is 13.8 Å². The lowest BCUT2D eigenvalue weighted by Gasteiger charge is -2.31. The Morgan fingerprint density at radius 2 is 1.71 bits per heavy atom. The van der Waals surface area contributed by atoms with Gasteiger partial charge in [-0.3, -0.25) is 0 Å². The van der Waals surface area contributed by atoms with E-state index in [4.69, 9.17) is 13.6 Å². The SMILES string of the molecule is CCC(CC)=C1OP2(=O)OC1(S(=O)(=O)c1ccccc1)O2. The summed E-state index contributed by atoms with van der Waals surface area (Å²) in [7, 11) is -7.78. The smallest absolute Gasteiger partial charge is 0.401 e. The molecular weight excluding hydrogens is 315 g/mol. The molecule has 4 rings (SSSR count). The number of allylic oxidation sites excluding steroid dienone is 1. The van der Waals surface area contributed by atoms with Gasteiger partial charge in [0.25, 0.3) is 0 Å². The van der Waals surface area contributed by atoms with Gasteiger partial charge < -0.3 is 4.52 Å². The van der Waals surface area contributed by atoms with Gasteiger partial charge in [-0.1, -0.05) is 32.0 Å². The number of phosphoric ester groups is 1. The highest BCUT2D eigenvalue weighted by Gasteiger charge is 2.77. The van der Waals surface area contributed by atoms with Gasteiger partial charge >= 0.3 is 12.9 Å². The Bertz CT molecular complexity index is 736. The Morgan fingerprint density at radius 1 is 1.14 bits per heavy atom. The van der Waals surface area contributed by atoms with Crippen LogP contribution in [-0.2, 0) is 28.0 Å². The van der Waals surface area contributed by atoms with Gasteiger partial charge in [0, 0.05) is 0 Å². The zero-order chi connectivity index (χ0) is 15.3. The Morgan fingerprint density at radius 3 is 2.24 bits per heavy atom. The third-order valence-corrected chi connectivity index (χ3v) is 7.09. The van der Waals surface area contributed by atoms with Crippen LogP contribution >= 0.6 is 7.82 Å². The van der Waals surface area contributed by atoms with Gasteiger partial charge in [0.05, 0.1) is 4.90 Å². The average molecular weight is 330 g/mol. The number of fused-ring (bicyclic) bond motifs is 1. The molecule has 0 spiro atoms. The van der Waals surface area contributed by atoms with Crippen molar-refractivity contribution in [2.75, 3.05) is 0 Å². The Hall–Kier alpha value is -1.14. The molecule has 0 amide bonds. The van der Waals surface area contributed by atoms with E-state index in [9.17, 15) is 13.0 Å². The maximum atomic E-state index is 12.8. The maximum absolute atomic E-state index is 12.8. The lowest BCUT2D eigenvalue weighted by Crippen LogP contribution is -2.45. The summed E-state index contributed by atoms with van der Waals surface area (Å²) in [5.41, 5.74) is 0.713. The van der Waals surface area contributed by atoms with E-state index >= 15 is 0 Å². The molecule has 114 valence electrons. The molecule has 3 aliphatic heterocycles. The van der Waals surface area contributed by atoms with Gasteiger partial charge in [-0.05, 0) is 30.5 Å². The Kier molecular flexibility index (Phi) is 3.29. The number of hydrogen-bond acceptors (Lipinski definition) is 6. The summed E-state index contributed by atoms with van der Waals surface area (Å²) in [5.74, 6) is 0.0275. The summed E-state index contributed by atoms with van der Waals surface area (Å²) < 4.78 is 52.9. The fourth-order valence-corrected chi connectivity index (χ4v) is 6.38. The number of hydrogen-bond donors (Lipinski definition) is 0. The van der Waals surface area contributed by atoms with E-state index in [-0.39, 0.29) is 10.7 Å². The van der Waals surface area contributed by atoms with Crippen molar-refractivity contribution in [2.45, 2.75) is 36.7 Å². The summed E-state index contributed by atoms with van der Waals surface area (Å²) in [6.07, 6.45) is 1.12. The first-order valence-corrected chi connectivity index (χ1v) is 9.56. The topological polar surface area (TPSA) is 78.9 Å². The molecule has 8 heteroatoms. The molecule has 0 unspecified atom stereocenters. The zero-order valence-electron chi connectivity index (χ0n) is 11.6. The molecule has 0 aliphatic carbocycles. The fourth-order valence-electron chi connectivity index (χ4n) is 2.42. The Balaban J connectivity index is 2.17. The predicted molar refractivity (Wildman–Crippen MR) is 74.8 cm³/mol. The van der Waals surface area contributed by atoms with Crippen LogP contribution < -0.4 is 0 Å². The van der Waals surface area contributed by atoms with Gasteiger partial charge in [-0.25, -0.2) is 22.0 Å². The molecule has 0 aromatic heterocycles. The van der Waals surface area contributed by atoms with Crippen molar-refractivity contribution < 1.29 is 26.6 Å². The minimum absolute atomic E-state index is 0.0275. The number of benzene rings is 1. The van der Waals surface area contributed by atoms with E-state index in [1.54, 1.807) is 18.2 Å². The van der Waals surface area contributed by atoms with E-state index in [2.05, 4.69) is 0 Å². The van der Waals surface area contributed by atoms with E-state index in [0.717, 1.165) is 0 Å². The second-order valence-electron chi connectivity index (χ2n) is 4.73. The second kappa shape index (κ2) is 4.68. The Labute approximate surface area is 123 Å². The molecule has 2 bridgehead atoms. The molecule has 3 saturated heterocycles. The monoisotopic (exact) mass is 330 g/mol. The first kappa shape index (κ1) is 14.8. The lowest BCUT2D eigenvalue weighted by atomic mass is 10.1. The van der Waals surface area contributed by atoms with Gasteiger partial charge in [0.2, 0.25) is 9.84 Å². The molecule has 1 aromatic rings. The van der Waals surface area contributed by atoms with Crippen molar-refractivity contribution in [1.29, 1.82) is 0 Å². The van der Waals surface area contributed by atoms with Crippen molar-refractivity contribution in [3.63, 3.8) is 0 Å². The summed E-state index contributed by atoms with van der Waals surface area (Å²) in [4.78, 5) is 0.0332. The van der Waals surface area contributed by atoms with E-state index < -0.39 is 22.8 Å². The molecule has 1 aromatic carbocycles. The van der Waals surface area contributed by atoms with Crippen molar-refractivity contribution in [3.05, 3.63) is 41.7 Å². The number of rotatable bonds is 4. The summed E-state index contributed by atoms with van der Waals surface area (Å²) in [5, 5.41) is -2.09. The lowest BCUT2D eigenvalue weighted by molar-refractivity contribution is -0.0822. The molecule has 0 saturated carbocycles. The largest absolute Gasteiger partial charge is 0.537 e. The zero-order valence-corrected chi connectivity index (χ0v) is 13.3. The van der Waals surface area contributed by atoms with Crippen molar-refractivity contribution in [3.8, 4) is 0 Å². The van der Waals surface area contributed by atoms with E-state index in [0.29, 0.717) is 18.4 Å². The van der Waals surface area contributed by atoms with Crippen LogP contribution in [0.15, 0.2) is 46.6 Å². The molecule has 3 fully saturated rings. The molecule has 6 nitrogen and oxygen atoms in total. The van der Waals surface area contributed by atoms with Crippen LogP contribution in [0.3, 0.4) is 0 Å². The highest BCUT2D eigenvalue weighted by Crippen LogP contribution is 2.78. The fraction of sp³-hybridized carbons (Fsp3) is 0.385.